The number of nitrogens with zero attached hydrogens (tertiary/aromatic N) is 3. The minimum absolute atomic E-state index is 0.273. The normalized spacial score (nSPS) is 11.6. The number of methoxy groups -OCH3 is 1. The van der Waals surface area contributed by atoms with E-state index in [0.717, 1.165) is 4.68 Å². The molecule has 8 heteroatoms. The van der Waals surface area contributed by atoms with Crippen molar-refractivity contribution in [3.63, 3.8) is 0 Å². The molecule has 0 bridgehead atoms. The second kappa shape index (κ2) is 6.82. The fourth-order valence-electron chi connectivity index (χ4n) is 2.59. The maximum absolute atomic E-state index is 14.5. The predicted octanol–water partition coefficient (Wildman–Crippen LogP) is 4.63. The number of benzene rings is 1. The lowest BCUT2D eigenvalue weighted by Crippen LogP contribution is -2.27. The van der Waals surface area contributed by atoms with Crippen molar-refractivity contribution in [3.8, 4) is 16.9 Å². The number of carbonyl (C=O) groups is 1. The Kier molecular flexibility index (Phi) is 4.87. The number of fused-ring (bicyclic) bond motifs is 1. The summed E-state index contributed by atoms with van der Waals surface area (Å²) in [7, 11) is 1.47. The van der Waals surface area contributed by atoms with Crippen LogP contribution in [-0.2, 0) is 4.74 Å². The van der Waals surface area contributed by atoms with Gasteiger partial charge in [-0.05, 0) is 55.5 Å². The highest BCUT2D eigenvalue weighted by Crippen LogP contribution is 2.38. The van der Waals surface area contributed by atoms with E-state index < -0.39 is 17.5 Å². The van der Waals surface area contributed by atoms with Crippen LogP contribution in [0.25, 0.3) is 22.0 Å². The average Bonchev–Trinajstić information content (AvgIpc) is 2.90. The van der Waals surface area contributed by atoms with Crippen LogP contribution >= 0.6 is 22.6 Å². The van der Waals surface area contributed by atoms with Gasteiger partial charge in [0.1, 0.15) is 26.4 Å². The molecule has 2 aromatic heterocycles. The van der Waals surface area contributed by atoms with Crippen LogP contribution in [0.1, 0.15) is 20.8 Å². The van der Waals surface area contributed by atoms with Gasteiger partial charge in [-0.3, -0.25) is 4.98 Å². The third-order valence-electron chi connectivity index (χ3n) is 3.58. The molecule has 3 aromatic rings. The Morgan fingerprint density at radius 2 is 2.00 bits per heavy atom. The van der Waals surface area contributed by atoms with E-state index in [1.165, 1.54) is 25.6 Å². The summed E-state index contributed by atoms with van der Waals surface area (Å²) in [6.45, 7) is 5.32. The van der Waals surface area contributed by atoms with Crippen LogP contribution in [0.5, 0.6) is 5.75 Å². The van der Waals surface area contributed by atoms with Crippen LogP contribution in [0.2, 0.25) is 0 Å². The zero-order valence-corrected chi connectivity index (χ0v) is 16.9. The number of carbonyl (C=O) groups excluding carboxylic acids is 1. The lowest BCUT2D eigenvalue weighted by atomic mass is 10.0. The zero-order valence-electron chi connectivity index (χ0n) is 14.7. The highest BCUT2D eigenvalue weighted by molar-refractivity contribution is 14.1. The van der Waals surface area contributed by atoms with Crippen molar-refractivity contribution in [3.05, 3.63) is 40.1 Å². The molecule has 0 aliphatic heterocycles. The van der Waals surface area contributed by atoms with Crippen molar-refractivity contribution in [1.29, 1.82) is 0 Å². The molecule has 0 aliphatic carbocycles. The number of halogens is 2. The van der Waals surface area contributed by atoms with E-state index in [1.807, 2.05) is 22.6 Å². The number of hydrogen-bond donors (Lipinski definition) is 0. The van der Waals surface area contributed by atoms with Crippen molar-refractivity contribution in [2.24, 2.45) is 0 Å². The number of aromatic nitrogens is 3. The topological polar surface area (TPSA) is 66.2 Å². The van der Waals surface area contributed by atoms with Crippen LogP contribution < -0.4 is 4.74 Å². The smallest absolute Gasteiger partial charge is 0.435 e. The van der Waals surface area contributed by atoms with Crippen molar-refractivity contribution in [1.82, 2.24) is 14.8 Å². The molecule has 136 valence electrons. The van der Waals surface area contributed by atoms with Crippen LogP contribution in [0.4, 0.5) is 9.18 Å². The van der Waals surface area contributed by atoms with Crippen LogP contribution in [0, 0.1) is 9.52 Å². The summed E-state index contributed by atoms with van der Waals surface area (Å²) in [6.07, 6.45) is 2.42. The summed E-state index contributed by atoms with van der Waals surface area (Å²) in [6, 6.07) is 4.59. The first-order valence-electron chi connectivity index (χ1n) is 7.81. The van der Waals surface area contributed by atoms with E-state index in [1.54, 1.807) is 32.9 Å². The van der Waals surface area contributed by atoms with Gasteiger partial charge in [0, 0.05) is 17.1 Å². The maximum Gasteiger partial charge on any atom is 0.435 e. The number of hydrogen-bond acceptors (Lipinski definition) is 5. The molecule has 0 radical (unpaired) electrons. The Morgan fingerprint density at radius 3 is 2.65 bits per heavy atom. The lowest BCUT2D eigenvalue weighted by Gasteiger charge is -2.19. The largest absolute Gasteiger partial charge is 0.496 e. The fraction of sp³-hybridized carbons (Fsp3) is 0.278. The number of ether oxygens (including phenoxy) is 2. The number of rotatable bonds is 2. The van der Waals surface area contributed by atoms with E-state index in [4.69, 9.17) is 9.47 Å². The Hall–Kier alpha value is -2.23. The molecule has 0 saturated heterocycles. The zero-order chi connectivity index (χ0) is 19.1. The highest BCUT2D eigenvalue weighted by Gasteiger charge is 2.25. The van der Waals surface area contributed by atoms with Gasteiger partial charge in [0.25, 0.3) is 0 Å². The molecule has 26 heavy (non-hydrogen) atoms. The minimum Gasteiger partial charge on any atom is -0.496 e. The molecule has 0 aliphatic rings. The summed E-state index contributed by atoms with van der Waals surface area (Å²) in [5, 5.41) is 4.88. The molecule has 2 heterocycles. The molecule has 0 atom stereocenters. The number of pyridine rings is 1. The fourth-order valence-corrected chi connectivity index (χ4v) is 3.37. The van der Waals surface area contributed by atoms with E-state index >= 15 is 0 Å². The van der Waals surface area contributed by atoms with Gasteiger partial charge >= 0.3 is 6.09 Å². The Labute approximate surface area is 163 Å². The maximum atomic E-state index is 14.5. The van der Waals surface area contributed by atoms with Gasteiger partial charge in [0.2, 0.25) is 0 Å². The first-order chi connectivity index (χ1) is 12.2. The van der Waals surface area contributed by atoms with Gasteiger partial charge < -0.3 is 9.47 Å². The third-order valence-corrected chi connectivity index (χ3v) is 4.33. The second-order valence-electron chi connectivity index (χ2n) is 6.58. The molecular weight excluding hydrogens is 452 g/mol. The van der Waals surface area contributed by atoms with Gasteiger partial charge in [-0.25, -0.2) is 9.18 Å². The summed E-state index contributed by atoms with van der Waals surface area (Å²) < 4.78 is 26.9. The molecule has 0 amide bonds. The monoisotopic (exact) mass is 469 g/mol. The standard InChI is InChI=1S/C18H17FIN3O3/c1-18(2,3)26-17(24)23-12-9-21-8-10(15(12)16(20)22-23)14-11(19)6-5-7-13(14)25-4/h5-9H,1-4H3. The first-order valence-corrected chi connectivity index (χ1v) is 8.89. The molecule has 3 rings (SSSR count). The summed E-state index contributed by atoms with van der Waals surface area (Å²) in [5.41, 5.74) is 0.540. The van der Waals surface area contributed by atoms with Gasteiger partial charge in [-0.15, -0.1) is 0 Å². The van der Waals surface area contributed by atoms with Crippen molar-refractivity contribution in [2.45, 2.75) is 26.4 Å². The second-order valence-corrected chi connectivity index (χ2v) is 7.60. The van der Waals surface area contributed by atoms with Crippen molar-refractivity contribution in [2.75, 3.05) is 7.11 Å². The van der Waals surface area contributed by atoms with Crippen LogP contribution in [0.3, 0.4) is 0 Å². The average molecular weight is 469 g/mol. The van der Waals surface area contributed by atoms with E-state index in [9.17, 15) is 9.18 Å². The minimum atomic E-state index is -0.666. The van der Waals surface area contributed by atoms with E-state index in [0.29, 0.717) is 25.9 Å². The molecule has 0 saturated carbocycles. The quantitative estimate of drug-likeness (QED) is 0.512. The molecule has 0 unspecified atom stereocenters. The van der Waals surface area contributed by atoms with Gasteiger partial charge in [0.05, 0.1) is 18.9 Å². The lowest BCUT2D eigenvalue weighted by molar-refractivity contribution is 0.0522. The first kappa shape index (κ1) is 18.6. The van der Waals surface area contributed by atoms with Gasteiger partial charge in [0.15, 0.2) is 0 Å². The van der Waals surface area contributed by atoms with Crippen molar-refractivity contribution < 1.29 is 18.7 Å². The molecule has 0 N–H and O–H groups in total. The predicted molar refractivity (Wildman–Crippen MR) is 104 cm³/mol. The van der Waals surface area contributed by atoms with Gasteiger partial charge in [-0.2, -0.15) is 9.78 Å². The highest BCUT2D eigenvalue weighted by atomic mass is 127. The molecule has 6 nitrogen and oxygen atoms in total. The summed E-state index contributed by atoms with van der Waals surface area (Å²) in [4.78, 5) is 16.6. The summed E-state index contributed by atoms with van der Waals surface area (Å²) >= 11 is 2.01. The van der Waals surface area contributed by atoms with Crippen LogP contribution in [-0.4, -0.2) is 33.6 Å². The van der Waals surface area contributed by atoms with Crippen molar-refractivity contribution >= 4 is 39.6 Å². The SMILES string of the molecule is COc1cccc(F)c1-c1cncc2c1c(I)nn2C(=O)OC(C)(C)C. The Morgan fingerprint density at radius 1 is 1.27 bits per heavy atom. The van der Waals surface area contributed by atoms with Gasteiger partial charge in [-0.1, -0.05) is 6.07 Å². The summed E-state index contributed by atoms with van der Waals surface area (Å²) in [5.74, 6) is -0.0698. The molecular formula is C18H17FIN3O3. The Bertz CT molecular complexity index is 995. The molecule has 0 spiro atoms. The molecule has 1 aromatic carbocycles. The van der Waals surface area contributed by atoms with Crippen LogP contribution in [0.15, 0.2) is 30.6 Å². The van der Waals surface area contributed by atoms with E-state index in [2.05, 4.69) is 10.1 Å². The van der Waals surface area contributed by atoms with E-state index in [-0.39, 0.29) is 5.56 Å². The Balaban J connectivity index is 2.24. The molecule has 0 fully saturated rings. The third kappa shape index (κ3) is 3.37.